The van der Waals surface area contributed by atoms with Gasteiger partial charge in [-0.25, -0.2) is 13.8 Å². The maximum absolute atomic E-state index is 15.1. The second kappa shape index (κ2) is 10.5. The lowest BCUT2D eigenvalue weighted by molar-refractivity contribution is -0.128. The Balaban J connectivity index is 1.47. The van der Waals surface area contributed by atoms with Crippen molar-refractivity contribution >= 4 is 29.2 Å². The summed E-state index contributed by atoms with van der Waals surface area (Å²) >= 11 is 6.90. The maximum atomic E-state index is 15.1. The lowest BCUT2D eigenvalue weighted by Gasteiger charge is -2.40. The van der Waals surface area contributed by atoms with Gasteiger partial charge in [-0.1, -0.05) is 30.3 Å². The van der Waals surface area contributed by atoms with E-state index in [1.807, 2.05) is 0 Å². The number of aromatic nitrogens is 1. The highest BCUT2D eigenvalue weighted by molar-refractivity contribution is 6.35. The second-order valence-corrected chi connectivity index (χ2v) is 12.3. The number of alkyl halides is 1. The molecule has 3 fully saturated rings. The first-order valence-corrected chi connectivity index (χ1v) is 14.5. The van der Waals surface area contributed by atoms with E-state index in [0.717, 1.165) is 6.42 Å². The average Bonchev–Trinajstić information content (AvgIpc) is 3.49. The van der Waals surface area contributed by atoms with Gasteiger partial charge in [0.2, 0.25) is 5.91 Å². The molecule has 41 heavy (non-hydrogen) atoms. The van der Waals surface area contributed by atoms with Gasteiger partial charge < -0.3 is 19.4 Å². The molecule has 0 spiro atoms. The number of carbonyl (C=O) groups is 2. The summed E-state index contributed by atoms with van der Waals surface area (Å²) in [6.45, 7) is 10.4. The van der Waals surface area contributed by atoms with Crippen LogP contribution < -0.4 is 9.64 Å². The normalized spacial score (nSPS) is 25.9. The first kappa shape index (κ1) is 27.9. The van der Waals surface area contributed by atoms with Crippen molar-refractivity contribution in [2.45, 2.75) is 50.5 Å². The van der Waals surface area contributed by atoms with E-state index in [0.29, 0.717) is 51.5 Å². The number of amides is 2. The number of benzene rings is 1. The van der Waals surface area contributed by atoms with Crippen LogP contribution in [0.15, 0.2) is 36.9 Å². The van der Waals surface area contributed by atoms with E-state index >= 15 is 4.39 Å². The lowest BCUT2D eigenvalue weighted by Crippen LogP contribution is -2.57. The fourth-order valence-corrected chi connectivity index (χ4v) is 7.00. The average molecular weight is 586 g/mol. The zero-order valence-electron chi connectivity index (χ0n) is 23.3. The molecule has 4 aliphatic heterocycles. The highest BCUT2D eigenvalue weighted by Gasteiger charge is 2.47. The van der Waals surface area contributed by atoms with Gasteiger partial charge in [0, 0.05) is 56.4 Å². The van der Waals surface area contributed by atoms with Crippen LogP contribution in [0, 0.1) is 5.82 Å². The van der Waals surface area contributed by atoms with Crippen LogP contribution in [0.5, 0.6) is 5.75 Å². The standard InChI is InChI=1S/C30H34ClF2N5O3/c1-4-23(39)36-11-12-37-20(15-36)17-41-27-24(29(37)40)28(34-26(25(27)31)21-7-5-6-8-22(21)33)38-16-19(13-30(38,2)3)35-10-9-18(32)14-35/h4-8,18-20H,1,9-17H2,2-3H3/t18?,19?,20-/m1/s1. The Morgan fingerprint density at radius 2 is 1.95 bits per heavy atom. The number of hydrogen-bond acceptors (Lipinski definition) is 6. The first-order chi connectivity index (χ1) is 19.6. The number of carbonyl (C=O) groups excluding carboxylic acids is 2. The number of rotatable bonds is 4. The molecule has 5 heterocycles. The van der Waals surface area contributed by atoms with Crippen LogP contribution in [0.4, 0.5) is 14.6 Å². The molecule has 218 valence electrons. The summed E-state index contributed by atoms with van der Waals surface area (Å²) in [7, 11) is 0. The maximum Gasteiger partial charge on any atom is 0.261 e. The Hall–Kier alpha value is -3.24. The number of hydrogen-bond donors (Lipinski definition) is 0. The molecule has 6 rings (SSSR count). The summed E-state index contributed by atoms with van der Waals surface area (Å²) in [5.74, 6) is -0.444. The molecule has 0 aliphatic carbocycles. The molecule has 3 saturated heterocycles. The fraction of sp³-hybridized carbons (Fsp3) is 0.500. The molecule has 4 aliphatic rings. The number of piperazine rings is 1. The summed E-state index contributed by atoms with van der Waals surface area (Å²) in [6.07, 6.45) is 1.68. The van der Waals surface area contributed by atoms with Crippen LogP contribution in [-0.2, 0) is 4.79 Å². The van der Waals surface area contributed by atoms with Gasteiger partial charge in [0.25, 0.3) is 5.91 Å². The van der Waals surface area contributed by atoms with Crippen LogP contribution in [0.1, 0.15) is 37.0 Å². The van der Waals surface area contributed by atoms with E-state index in [9.17, 15) is 14.0 Å². The van der Waals surface area contributed by atoms with E-state index in [4.69, 9.17) is 21.3 Å². The lowest BCUT2D eigenvalue weighted by atomic mass is 9.98. The third kappa shape index (κ3) is 4.84. The van der Waals surface area contributed by atoms with Crippen LogP contribution in [0.25, 0.3) is 11.3 Å². The molecule has 1 aromatic heterocycles. The summed E-state index contributed by atoms with van der Waals surface area (Å²) < 4.78 is 35.5. The summed E-state index contributed by atoms with van der Waals surface area (Å²) in [5, 5.41) is 0.0643. The van der Waals surface area contributed by atoms with Crippen molar-refractivity contribution in [1.82, 2.24) is 19.7 Å². The molecule has 2 amide bonds. The van der Waals surface area contributed by atoms with Crippen LogP contribution in [-0.4, -0.2) is 101 Å². The molecule has 2 unspecified atom stereocenters. The van der Waals surface area contributed by atoms with Crippen molar-refractivity contribution in [2.24, 2.45) is 0 Å². The summed E-state index contributed by atoms with van der Waals surface area (Å²) in [6, 6.07) is 5.90. The molecule has 0 N–H and O–H groups in total. The molecule has 0 saturated carbocycles. The van der Waals surface area contributed by atoms with Gasteiger partial charge in [0.15, 0.2) is 5.75 Å². The molecule has 3 atom stereocenters. The monoisotopic (exact) mass is 585 g/mol. The van der Waals surface area contributed by atoms with Crippen molar-refractivity contribution in [1.29, 1.82) is 0 Å². The van der Waals surface area contributed by atoms with E-state index in [1.54, 1.807) is 28.0 Å². The number of ether oxygens (including phenoxy) is 1. The van der Waals surface area contributed by atoms with Crippen molar-refractivity contribution in [2.75, 3.05) is 50.8 Å². The minimum atomic E-state index is -0.844. The molecule has 1 aromatic carbocycles. The number of nitrogens with zero attached hydrogens (tertiary/aromatic N) is 5. The van der Waals surface area contributed by atoms with Gasteiger partial charge in [-0.15, -0.1) is 0 Å². The highest BCUT2D eigenvalue weighted by atomic mass is 35.5. The molecule has 2 aromatic rings. The molecule has 0 bridgehead atoms. The Kier molecular flexibility index (Phi) is 7.18. The molecule has 0 radical (unpaired) electrons. The van der Waals surface area contributed by atoms with E-state index < -0.39 is 23.6 Å². The smallest absolute Gasteiger partial charge is 0.261 e. The zero-order valence-corrected chi connectivity index (χ0v) is 24.0. The fourth-order valence-electron chi connectivity index (χ4n) is 6.70. The molecular weight excluding hydrogens is 552 g/mol. The third-order valence-electron chi connectivity index (χ3n) is 8.86. The Labute approximate surface area is 243 Å². The second-order valence-electron chi connectivity index (χ2n) is 11.9. The van der Waals surface area contributed by atoms with E-state index in [1.165, 1.54) is 12.1 Å². The Morgan fingerprint density at radius 3 is 2.66 bits per heavy atom. The number of anilines is 1. The predicted molar refractivity (Wildman–Crippen MR) is 153 cm³/mol. The molecular formula is C30H34ClF2N5O3. The van der Waals surface area contributed by atoms with Gasteiger partial charge in [-0.05, 0) is 44.9 Å². The van der Waals surface area contributed by atoms with Gasteiger partial charge in [0.1, 0.15) is 35.0 Å². The molecule has 11 heteroatoms. The van der Waals surface area contributed by atoms with Gasteiger partial charge >= 0.3 is 0 Å². The Morgan fingerprint density at radius 1 is 1.17 bits per heavy atom. The minimum Gasteiger partial charge on any atom is -0.489 e. The predicted octanol–water partition coefficient (Wildman–Crippen LogP) is 4.17. The van der Waals surface area contributed by atoms with Crippen molar-refractivity contribution < 1.29 is 23.1 Å². The quantitative estimate of drug-likeness (QED) is 0.502. The zero-order chi connectivity index (χ0) is 29.1. The van der Waals surface area contributed by atoms with Crippen molar-refractivity contribution in [3.63, 3.8) is 0 Å². The van der Waals surface area contributed by atoms with Crippen LogP contribution >= 0.6 is 11.6 Å². The van der Waals surface area contributed by atoms with E-state index in [2.05, 4.69) is 30.2 Å². The number of fused-ring (bicyclic) bond motifs is 2. The van der Waals surface area contributed by atoms with Crippen LogP contribution in [0.3, 0.4) is 0 Å². The number of likely N-dealkylation sites (tertiary alicyclic amines) is 1. The third-order valence-corrected chi connectivity index (χ3v) is 9.21. The largest absolute Gasteiger partial charge is 0.489 e. The first-order valence-electron chi connectivity index (χ1n) is 14.1. The molecule has 8 nitrogen and oxygen atoms in total. The van der Waals surface area contributed by atoms with Crippen molar-refractivity contribution in [3.05, 3.63) is 53.3 Å². The topological polar surface area (TPSA) is 69.2 Å². The van der Waals surface area contributed by atoms with E-state index in [-0.39, 0.29) is 52.1 Å². The van der Waals surface area contributed by atoms with Crippen molar-refractivity contribution in [3.8, 4) is 17.0 Å². The SMILES string of the molecule is C=CC(=O)N1CCN2C(=O)c3c(N4CC(N5CCC(F)C5)CC4(C)C)nc(-c4ccccc4F)c(Cl)c3OC[C@H]2C1. The number of pyridine rings is 1. The van der Waals surface area contributed by atoms with Gasteiger partial charge in [-0.3, -0.25) is 14.5 Å². The summed E-state index contributed by atoms with van der Waals surface area (Å²) in [4.78, 5) is 39.2. The van der Waals surface area contributed by atoms with Gasteiger partial charge in [0.05, 0.1) is 11.7 Å². The Bertz CT molecular complexity index is 1400. The summed E-state index contributed by atoms with van der Waals surface area (Å²) in [5.41, 5.74) is 0.190. The van der Waals surface area contributed by atoms with Gasteiger partial charge in [-0.2, -0.15) is 0 Å². The van der Waals surface area contributed by atoms with Crippen LogP contribution in [0.2, 0.25) is 5.02 Å². The highest BCUT2D eigenvalue weighted by Crippen LogP contribution is 2.47. The minimum absolute atomic E-state index is 0.0643. The number of halogens is 3.